The fourth-order valence-electron chi connectivity index (χ4n) is 12.6. The van der Waals surface area contributed by atoms with Crippen LogP contribution in [0.3, 0.4) is 0 Å². The van der Waals surface area contributed by atoms with Crippen molar-refractivity contribution in [2.75, 3.05) is 0 Å². The molecule has 0 spiro atoms. The van der Waals surface area contributed by atoms with Gasteiger partial charge in [0.25, 0.3) is 6.71 Å². The van der Waals surface area contributed by atoms with E-state index in [1.54, 1.807) is 0 Å². The predicted molar refractivity (Wildman–Crippen MR) is 296 cm³/mol. The molecule has 5 heterocycles. The van der Waals surface area contributed by atoms with Gasteiger partial charge in [-0.05, 0) is 109 Å². The number of aromatic nitrogens is 3. The first-order chi connectivity index (χ1) is 34.7. The predicted octanol–water partition coefficient (Wildman–Crippen LogP) is 14.8. The first-order valence-electron chi connectivity index (χ1n) is 24.4. The zero-order chi connectivity index (χ0) is 45.6. The van der Waals surface area contributed by atoms with E-state index in [-0.39, 0.29) is 6.71 Å². The maximum absolute atomic E-state index is 2.61. The largest absolute Gasteiger partial charge is 0.310 e. The molecule has 16 rings (SSSR count). The number of nitrogens with zero attached hydrogens (tertiary/aromatic N) is 3. The fraction of sp³-hybridized carbons (Fsp3) is 0. The highest BCUT2D eigenvalue weighted by atomic mass is 15.1. The van der Waals surface area contributed by atoms with Gasteiger partial charge in [0.05, 0.1) is 27.8 Å². The van der Waals surface area contributed by atoms with Crippen LogP contribution in [0.1, 0.15) is 0 Å². The molecule has 0 bridgehead atoms. The van der Waals surface area contributed by atoms with Crippen LogP contribution in [0.15, 0.2) is 243 Å². The molecule has 0 amide bonds. The highest BCUT2D eigenvalue weighted by Crippen LogP contribution is 2.44. The van der Waals surface area contributed by atoms with Crippen LogP contribution < -0.4 is 16.4 Å². The molecule has 3 aromatic heterocycles. The van der Waals surface area contributed by atoms with E-state index < -0.39 is 0 Å². The third-order valence-electron chi connectivity index (χ3n) is 15.6. The van der Waals surface area contributed by atoms with Gasteiger partial charge < -0.3 is 13.7 Å². The van der Waals surface area contributed by atoms with Gasteiger partial charge in [0, 0.05) is 54.7 Å². The fourth-order valence-corrected chi connectivity index (χ4v) is 12.6. The normalized spacial score (nSPS) is 12.5. The Hall–Kier alpha value is -9.12. The summed E-state index contributed by atoms with van der Waals surface area (Å²) in [6.07, 6.45) is 0. The van der Waals surface area contributed by atoms with Crippen molar-refractivity contribution in [2.45, 2.75) is 0 Å². The minimum absolute atomic E-state index is 0.0440. The third kappa shape index (κ3) is 5.19. The summed E-state index contributed by atoms with van der Waals surface area (Å²) in [5.74, 6) is 0. The summed E-state index contributed by atoms with van der Waals surface area (Å²) < 4.78 is 7.78. The zero-order valence-corrected chi connectivity index (χ0v) is 38.0. The van der Waals surface area contributed by atoms with E-state index in [9.17, 15) is 0 Å². The van der Waals surface area contributed by atoms with E-state index in [2.05, 4.69) is 256 Å². The van der Waals surface area contributed by atoms with E-state index in [1.807, 2.05) is 0 Å². The number of benzene rings is 11. The van der Waals surface area contributed by atoms with Gasteiger partial charge in [0.15, 0.2) is 0 Å². The Balaban J connectivity index is 1.09. The molecule has 70 heavy (non-hydrogen) atoms. The quantitative estimate of drug-likeness (QED) is 0.153. The monoisotopic (exact) mass is 885 g/mol. The average molecular weight is 886 g/mol. The van der Waals surface area contributed by atoms with Crippen LogP contribution in [0, 0.1) is 0 Å². The second kappa shape index (κ2) is 14.2. The molecule has 3 nitrogen and oxygen atoms in total. The molecule has 0 fully saturated rings. The van der Waals surface area contributed by atoms with Crippen LogP contribution in [-0.2, 0) is 0 Å². The summed E-state index contributed by atoms with van der Waals surface area (Å²) in [6.45, 7) is -0.0440. The molecule has 2 aliphatic rings. The molecule has 0 radical (unpaired) electrons. The van der Waals surface area contributed by atoms with Crippen molar-refractivity contribution in [3.8, 4) is 61.6 Å². The summed E-state index contributed by atoms with van der Waals surface area (Å²) in [5.41, 5.74) is 24.7. The van der Waals surface area contributed by atoms with Gasteiger partial charge in [-0.25, -0.2) is 0 Å². The summed E-state index contributed by atoms with van der Waals surface area (Å²) in [7, 11) is 0. The van der Waals surface area contributed by atoms with Gasteiger partial charge in [-0.3, -0.25) is 0 Å². The summed E-state index contributed by atoms with van der Waals surface area (Å²) in [6, 6.07) is 90.7. The molecular weight excluding hydrogens is 846 g/mol. The SMILES string of the molecule is c1ccc(-c2cc3c4c(c2)c2ccccc2n4-c2cc(-n4c5cc(-c6ccccc6)ccc5c5ccc(-c6ccccc6)cc54)cc4c2B3c2cc(-c3ccccc3)cc3c5ccccc5n-4c23)cc1. The van der Waals surface area contributed by atoms with Gasteiger partial charge in [-0.2, -0.15) is 0 Å². The number of hydrogen-bond donors (Lipinski definition) is 0. The van der Waals surface area contributed by atoms with E-state index in [0.29, 0.717) is 0 Å². The summed E-state index contributed by atoms with van der Waals surface area (Å²) in [4.78, 5) is 0. The topological polar surface area (TPSA) is 14.8 Å². The van der Waals surface area contributed by atoms with E-state index in [1.165, 1.54) is 138 Å². The van der Waals surface area contributed by atoms with Crippen molar-refractivity contribution in [1.82, 2.24) is 13.7 Å². The number of para-hydroxylation sites is 2. The Labute approximate surface area is 404 Å². The lowest BCUT2D eigenvalue weighted by atomic mass is 9.34. The number of rotatable bonds is 5. The molecule has 11 aromatic carbocycles. The van der Waals surface area contributed by atoms with Gasteiger partial charge in [-0.15, -0.1) is 0 Å². The van der Waals surface area contributed by atoms with Crippen LogP contribution in [0.2, 0.25) is 0 Å². The first-order valence-corrected chi connectivity index (χ1v) is 24.4. The minimum atomic E-state index is -0.0440. The number of hydrogen-bond acceptors (Lipinski definition) is 0. The molecular formula is C66H40BN3. The molecule has 2 aliphatic heterocycles. The van der Waals surface area contributed by atoms with Crippen molar-refractivity contribution >= 4 is 88.5 Å². The van der Waals surface area contributed by atoms with Crippen molar-refractivity contribution in [3.63, 3.8) is 0 Å². The maximum Gasteiger partial charge on any atom is 0.252 e. The molecule has 4 heteroatoms. The van der Waals surface area contributed by atoms with Crippen molar-refractivity contribution in [1.29, 1.82) is 0 Å². The molecule has 0 N–H and O–H groups in total. The average Bonchev–Trinajstić information content (AvgIpc) is 4.07. The van der Waals surface area contributed by atoms with E-state index >= 15 is 0 Å². The molecule has 0 unspecified atom stereocenters. The Morgan fingerprint density at radius 1 is 0.243 bits per heavy atom. The third-order valence-corrected chi connectivity index (χ3v) is 15.6. The highest BCUT2D eigenvalue weighted by Gasteiger charge is 2.42. The Morgan fingerprint density at radius 2 is 0.614 bits per heavy atom. The molecule has 0 saturated heterocycles. The van der Waals surface area contributed by atoms with Crippen molar-refractivity contribution < 1.29 is 0 Å². The lowest BCUT2D eigenvalue weighted by Gasteiger charge is -2.35. The smallest absolute Gasteiger partial charge is 0.252 e. The van der Waals surface area contributed by atoms with Crippen LogP contribution in [0.4, 0.5) is 0 Å². The van der Waals surface area contributed by atoms with Gasteiger partial charge in [0.2, 0.25) is 0 Å². The maximum atomic E-state index is 2.61. The van der Waals surface area contributed by atoms with Gasteiger partial charge >= 0.3 is 0 Å². The lowest BCUT2D eigenvalue weighted by molar-refractivity contribution is 1.10. The molecule has 14 aromatic rings. The molecule has 0 atom stereocenters. The van der Waals surface area contributed by atoms with E-state index in [0.717, 1.165) is 5.69 Å². The first kappa shape index (κ1) is 37.9. The molecule has 0 aliphatic carbocycles. The highest BCUT2D eigenvalue weighted by molar-refractivity contribution is 7.00. The van der Waals surface area contributed by atoms with Gasteiger partial charge in [0.1, 0.15) is 0 Å². The van der Waals surface area contributed by atoms with Crippen LogP contribution in [0.25, 0.3) is 127 Å². The Morgan fingerprint density at radius 3 is 1.04 bits per heavy atom. The van der Waals surface area contributed by atoms with E-state index in [4.69, 9.17) is 0 Å². The Bertz CT molecular complexity index is 4220. The molecule has 0 saturated carbocycles. The van der Waals surface area contributed by atoms with Crippen molar-refractivity contribution in [3.05, 3.63) is 243 Å². The minimum Gasteiger partial charge on any atom is -0.310 e. The summed E-state index contributed by atoms with van der Waals surface area (Å²) >= 11 is 0. The molecule has 322 valence electrons. The standard InChI is InChI=1S/C66H40BN3/c1-5-17-41(18-6-1)45-29-31-52-53-32-30-46(42-19-7-2-8-20-42)38-61(53)68(60(52)37-45)49-39-62-64-63(40-49)70-59-28-16-14-26-51(59)55-34-48(44-23-11-4-12-24-44)36-57(66(55)70)67(64)56-35-47(43-21-9-3-10-22-43)33-54-50-25-13-15-27-58(50)69(62)65(54)56/h1-40H. The number of fused-ring (bicyclic) bond motifs is 13. The Kier molecular flexibility index (Phi) is 7.70. The van der Waals surface area contributed by atoms with Gasteiger partial charge in [-0.1, -0.05) is 194 Å². The second-order valence-electron chi connectivity index (χ2n) is 19.2. The second-order valence-corrected chi connectivity index (χ2v) is 19.2. The lowest BCUT2D eigenvalue weighted by Crippen LogP contribution is -2.59. The van der Waals surface area contributed by atoms with Crippen LogP contribution in [-0.4, -0.2) is 20.4 Å². The van der Waals surface area contributed by atoms with Crippen LogP contribution in [0.5, 0.6) is 0 Å². The summed E-state index contributed by atoms with van der Waals surface area (Å²) in [5, 5.41) is 7.56. The van der Waals surface area contributed by atoms with Crippen LogP contribution >= 0.6 is 0 Å². The van der Waals surface area contributed by atoms with Crippen molar-refractivity contribution in [2.24, 2.45) is 0 Å². The zero-order valence-electron chi connectivity index (χ0n) is 38.0.